The molecule has 3 heterocycles. The Balaban J connectivity index is 1.41. The van der Waals surface area contributed by atoms with Gasteiger partial charge in [0.15, 0.2) is 0 Å². The molecule has 4 aromatic rings. The van der Waals surface area contributed by atoms with Crippen LogP contribution in [0.4, 0.5) is 16.2 Å². The molecule has 2 amide bonds. The number of anilines is 2. The third-order valence-electron chi connectivity index (χ3n) is 6.91. The molecule has 1 fully saturated rings. The predicted molar refractivity (Wildman–Crippen MR) is 147 cm³/mol. The summed E-state index contributed by atoms with van der Waals surface area (Å²) in [5.41, 5.74) is 4.69. The zero-order valence-electron chi connectivity index (χ0n) is 21.8. The summed E-state index contributed by atoms with van der Waals surface area (Å²) in [6.45, 7) is 1.33. The molecule has 1 saturated heterocycles. The van der Waals surface area contributed by atoms with Crippen molar-refractivity contribution in [1.29, 1.82) is 0 Å². The normalized spacial score (nSPS) is 15.5. The SMILES string of the molecule is COc1cc(OC)cc(-c2nc([C@@H]3CCCN(C(=O)Nc4ccc(N(C)C)cc4)C3)n3ccccc23)c1. The molecule has 0 unspecified atom stereocenters. The van der Waals surface area contributed by atoms with Crippen LogP contribution in [-0.2, 0) is 0 Å². The van der Waals surface area contributed by atoms with Crippen molar-refractivity contribution in [1.82, 2.24) is 14.3 Å². The Morgan fingerprint density at radius 1 is 1.03 bits per heavy atom. The fourth-order valence-electron chi connectivity index (χ4n) is 4.92. The van der Waals surface area contributed by atoms with E-state index in [0.29, 0.717) is 18.0 Å². The number of rotatable bonds is 6. The first kappa shape index (κ1) is 24.5. The molecule has 0 saturated carbocycles. The maximum absolute atomic E-state index is 13.1. The molecule has 192 valence electrons. The number of hydrogen-bond acceptors (Lipinski definition) is 5. The van der Waals surface area contributed by atoms with Crippen LogP contribution in [0.25, 0.3) is 16.8 Å². The highest BCUT2D eigenvalue weighted by atomic mass is 16.5. The number of aromatic nitrogens is 2. The first-order valence-corrected chi connectivity index (χ1v) is 12.5. The maximum atomic E-state index is 13.1. The molecule has 2 aromatic carbocycles. The van der Waals surface area contributed by atoms with Crippen molar-refractivity contribution < 1.29 is 14.3 Å². The van der Waals surface area contributed by atoms with Crippen molar-refractivity contribution in [3.05, 3.63) is 72.7 Å². The minimum absolute atomic E-state index is 0.0825. The second-order valence-corrected chi connectivity index (χ2v) is 9.53. The molecule has 37 heavy (non-hydrogen) atoms. The highest BCUT2D eigenvalue weighted by Crippen LogP contribution is 2.35. The number of piperidine rings is 1. The van der Waals surface area contributed by atoms with Crippen LogP contribution in [0, 0.1) is 0 Å². The summed E-state index contributed by atoms with van der Waals surface area (Å²) in [5, 5.41) is 3.06. The number of methoxy groups -OCH3 is 2. The van der Waals surface area contributed by atoms with Gasteiger partial charge in [0.2, 0.25) is 0 Å². The molecule has 1 aliphatic heterocycles. The number of benzene rings is 2. The molecule has 1 aliphatic rings. The molecule has 8 nitrogen and oxygen atoms in total. The Kier molecular flexibility index (Phi) is 6.90. The van der Waals surface area contributed by atoms with E-state index in [-0.39, 0.29) is 11.9 Å². The summed E-state index contributed by atoms with van der Waals surface area (Å²) in [7, 11) is 7.29. The van der Waals surface area contributed by atoms with Gasteiger partial charge in [-0.05, 0) is 61.4 Å². The van der Waals surface area contributed by atoms with Gasteiger partial charge in [-0.15, -0.1) is 0 Å². The van der Waals surface area contributed by atoms with Crippen molar-refractivity contribution >= 4 is 22.9 Å². The van der Waals surface area contributed by atoms with E-state index < -0.39 is 0 Å². The number of nitrogens with one attached hydrogen (secondary N) is 1. The Morgan fingerprint density at radius 3 is 2.43 bits per heavy atom. The number of likely N-dealkylation sites (tertiary alicyclic amines) is 1. The third kappa shape index (κ3) is 5.05. The van der Waals surface area contributed by atoms with E-state index in [4.69, 9.17) is 14.5 Å². The van der Waals surface area contributed by atoms with Gasteiger partial charge in [-0.25, -0.2) is 9.78 Å². The molecule has 1 atom stereocenters. The van der Waals surface area contributed by atoms with E-state index in [2.05, 4.69) is 15.8 Å². The van der Waals surface area contributed by atoms with Gasteiger partial charge in [0.25, 0.3) is 0 Å². The molecule has 0 aliphatic carbocycles. The second-order valence-electron chi connectivity index (χ2n) is 9.53. The Labute approximate surface area is 217 Å². The van der Waals surface area contributed by atoms with Gasteiger partial charge in [0.1, 0.15) is 17.3 Å². The van der Waals surface area contributed by atoms with Crippen LogP contribution in [0.1, 0.15) is 24.6 Å². The minimum Gasteiger partial charge on any atom is -0.497 e. The van der Waals surface area contributed by atoms with Crippen molar-refractivity contribution in [3.63, 3.8) is 0 Å². The zero-order valence-corrected chi connectivity index (χ0v) is 21.8. The first-order valence-electron chi connectivity index (χ1n) is 12.5. The van der Waals surface area contributed by atoms with Crippen molar-refractivity contribution in [3.8, 4) is 22.8 Å². The lowest BCUT2D eigenvalue weighted by Crippen LogP contribution is -2.42. The molecular weight excluding hydrogens is 466 g/mol. The Bertz CT molecular complexity index is 1370. The van der Waals surface area contributed by atoms with E-state index in [1.165, 1.54) is 0 Å². The average molecular weight is 500 g/mol. The fourth-order valence-corrected chi connectivity index (χ4v) is 4.92. The number of ether oxygens (including phenoxy) is 2. The van der Waals surface area contributed by atoms with Crippen LogP contribution in [0.15, 0.2) is 66.9 Å². The monoisotopic (exact) mass is 499 g/mol. The van der Waals surface area contributed by atoms with E-state index in [1.807, 2.05) is 84.7 Å². The first-order chi connectivity index (χ1) is 18.0. The molecule has 5 rings (SSSR count). The van der Waals surface area contributed by atoms with Crippen LogP contribution >= 0.6 is 0 Å². The fraction of sp³-hybridized carbons (Fsp3) is 0.310. The van der Waals surface area contributed by atoms with E-state index in [9.17, 15) is 4.79 Å². The topological polar surface area (TPSA) is 71.3 Å². The number of fused-ring (bicyclic) bond motifs is 1. The van der Waals surface area contributed by atoms with Gasteiger partial charge < -0.3 is 29.0 Å². The number of hydrogen-bond donors (Lipinski definition) is 1. The summed E-state index contributed by atoms with van der Waals surface area (Å²) >= 11 is 0. The summed E-state index contributed by atoms with van der Waals surface area (Å²) in [6, 6.07) is 19.7. The lowest BCUT2D eigenvalue weighted by atomic mass is 9.97. The summed E-state index contributed by atoms with van der Waals surface area (Å²) < 4.78 is 13.1. The van der Waals surface area contributed by atoms with Crippen LogP contribution in [0.5, 0.6) is 11.5 Å². The number of urea groups is 1. The van der Waals surface area contributed by atoms with Gasteiger partial charge in [-0.1, -0.05) is 6.07 Å². The number of amides is 2. The van der Waals surface area contributed by atoms with Gasteiger partial charge in [-0.3, -0.25) is 0 Å². The smallest absolute Gasteiger partial charge is 0.321 e. The number of carbonyl (C=O) groups is 1. The zero-order chi connectivity index (χ0) is 25.9. The quantitative estimate of drug-likeness (QED) is 0.380. The molecular formula is C29H33N5O3. The van der Waals surface area contributed by atoms with E-state index in [1.54, 1.807) is 14.2 Å². The molecule has 8 heteroatoms. The van der Waals surface area contributed by atoms with Crippen LogP contribution in [0.2, 0.25) is 0 Å². The Hall–Kier alpha value is -4.20. The average Bonchev–Trinajstić information content (AvgIpc) is 3.33. The standard InChI is InChI=1S/C29H33N5O3/c1-32(2)23-12-10-22(11-13-23)30-29(35)33-14-7-8-20(19-33)28-31-27(26-9-5-6-15-34(26)28)21-16-24(36-3)18-25(17-21)37-4/h5-6,9-13,15-18,20H,7-8,14,19H2,1-4H3,(H,30,35)/t20-/m1/s1. The van der Waals surface area contributed by atoms with Crippen LogP contribution in [-0.4, -0.2) is 61.7 Å². The lowest BCUT2D eigenvalue weighted by molar-refractivity contribution is 0.191. The maximum Gasteiger partial charge on any atom is 0.321 e. The minimum atomic E-state index is -0.0825. The van der Waals surface area contributed by atoms with Crippen molar-refractivity contribution in [2.45, 2.75) is 18.8 Å². The van der Waals surface area contributed by atoms with Gasteiger partial charge >= 0.3 is 6.03 Å². The van der Waals surface area contributed by atoms with Crippen LogP contribution < -0.4 is 19.7 Å². The number of imidazole rings is 1. The molecule has 0 bridgehead atoms. The number of nitrogens with zero attached hydrogens (tertiary/aromatic N) is 4. The van der Waals surface area contributed by atoms with Crippen LogP contribution in [0.3, 0.4) is 0 Å². The lowest BCUT2D eigenvalue weighted by Gasteiger charge is -2.32. The van der Waals surface area contributed by atoms with Gasteiger partial charge in [0, 0.05) is 62.3 Å². The Morgan fingerprint density at radius 2 is 1.76 bits per heavy atom. The number of carbonyl (C=O) groups excluding carboxylic acids is 1. The highest BCUT2D eigenvalue weighted by Gasteiger charge is 2.29. The highest BCUT2D eigenvalue weighted by molar-refractivity contribution is 5.89. The molecule has 0 spiro atoms. The predicted octanol–water partition coefficient (Wildman–Crippen LogP) is 5.50. The molecule has 0 radical (unpaired) electrons. The van der Waals surface area contributed by atoms with Gasteiger partial charge in [0.05, 0.1) is 25.4 Å². The van der Waals surface area contributed by atoms with Crippen molar-refractivity contribution in [2.75, 3.05) is 51.6 Å². The third-order valence-corrected chi connectivity index (χ3v) is 6.91. The molecule has 2 aromatic heterocycles. The van der Waals surface area contributed by atoms with Crippen molar-refractivity contribution in [2.24, 2.45) is 0 Å². The summed E-state index contributed by atoms with van der Waals surface area (Å²) in [4.78, 5) is 22.2. The number of pyridine rings is 1. The molecule has 1 N–H and O–H groups in total. The second kappa shape index (κ2) is 10.4. The summed E-state index contributed by atoms with van der Waals surface area (Å²) in [6.07, 6.45) is 3.93. The van der Waals surface area contributed by atoms with E-state index >= 15 is 0 Å². The van der Waals surface area contributed by atoms with Gasteiger partial charge in [-0.2, -0.15) is 0 Å². The van der Waals surface area contributed by atoms with E-state index in [0.717, 1.165) is 53.4 Å². The largest absolute Gasteiger partial charge is 0.497 e. The summed E-state index contributed by atoms with van der Waals surface area (Å²) in [5.74, 6) is 2.51.